The van der Waals surface area contributed by atoms with Crippen molar-refractivity contribution in [3.63, 3.8) is 0 Å². The van der Waals surface area contributed by atoms with E-state index in [1.54, 1.807) is 18.2 Å². The van der Waals surface area contributed by atoms with Crippen molar-refractivity contribution in [1.29, 1.82) is 0 Å². The Morgan fingerprint density at radius 1 is 0.560 bits per heavy atom. The second kappa shape index (κ2) is 7.49. The summed E-state index contributed by atoms with van der Waals surface area (Å²) in [5, 5.41) is 26.3. The lowest BCUT2D eigenvalue weighted by molar-refractivity contribution is 0.471. The van der Waals surface area contributed by atoms with Crippen LogP contribution in [0.25, 0.3) is 0 Å². The first-order valence-electron chi connectivity index (χ1n) is 7.90. The van der Waals surface area contributed by atoms with Crippen LogP contribution in [0.1, 0.15) is 11.1 Å². The van der Waals surface area contributed by atoms with Crippen LogP contribution in [0.15, 0.2) is 87.2 Å². The van der Waals surface area contributed by atoms with Gasteiger partial charge in [0.05, 0.1) is 22.7 Å². The van der Waals surface area contributed by atoms with E-state index in [2.05, 4.69) is 20.5 Å². The van der Waals surface area contributed by atoms with Crippen molar-refractivity contribution in [3.05, 3.63) is 77.9 Å². The summed E-state index contributed by atoms with van der Waals surface area (Å²) >= 11 is 0. The van der Waals surface area contributed by atoms with Crippen LogP contribution in [0.4, 0.5) is 22.7 Å². The topological polar surface area (TPSA) is 69.7 Å². The van der Waals surface area contributed by atoms with Gasteiger partial charge in [-0.15, -0.1) is 0 Å². The van der Waals surface area contributed by atoms with Crippen molar-refractivity contribution in [2.75, 3.05) is 0 Å². The number of rotatable bonds is 4. The van der Waals surface area contributed by atoms with Crippen molar-refractivity contribution in [1.82, 2.24) is 0 Å². The number of hydrogen-bond donors (Lipinski definition) is 1. The summed E-state index contributed by atoms with van der Waals surface area (Å²) in [6.07, 6.45) is 0. The van der Waals surface area contributed by atoms with Gasteiger partial charge in [-0.1, -0.05) is 17.7 Å². The number of aryl methyl sites for hydroxylation is 2. The minimum atomic E-state index is 0.252. The van der Waals surface area contributed by atoms with Crippen molar-refractivity contribution in [3.8, 4) is 5.75 Å². The maximum Gasteiger partial charge on any atom is 0.118 e. The fourth-order valence-corrected chi connectivity index (χ4v) is 2.13. The molecular formula is C20H18N4O. The van der Waals surface area contributed by atoms with E-state index >= 15 is 0 Å². The summed E-state index contributed by atoms with van der Waals surface area (Å²) in [7, 11) is 0. The minimum Gasteiger partial charge on any atom is -0.508 e. The number of benzene rings is 3. The van der Waals surface area contributed by atoms with Crippen molar-refractivity contribution in [2.45, 2.75) is 13.8 Å². The molecular weight excluding hydrogens is 312 g/mol. The molecule has 0 bridgehead atoms. The van der Waals surface area contributed by atoms with Crippen LogP contribution >= 0.6 is 0 Å². The zero-order valence-corrected chi connectivity index (χ0v) is 14.1. The Morgan fingerprint density at radius 3 is 1.44 bits per heavy atom. The van der Waals surface area contributed by atoms with Crippen LogP contribution in [0.2, 0.25) is 0 Å². The predicted molar refractivity (Wildman–Crippen MR) is 98.8 cm³/mol. The van der Waals surface area contributed by atoms with Gasteiger partial charge in [0.2, 0.25) is 0 Å². The van der Waals surface area contributed by atoms with Gasteiger partial charge in [-0.25, -0.2) is 0 Å². The summed E-state index contributed by atoms with van der Waals surface area (Å²) < 4.78 is 0. The number of azo groups is 2. The van der Waals surface area contributed by atoms with Gasteiger partial charge < -0.3 is 5.11 Å². The van der Waals surface area contributed by atoms with Gasteiger partial charge in [-0.2, -0.15) is 20.5 Å². The molecule has 0 fully saturated rings. The molecule has 3 aromatic carbocycles. The average molecular weight is 330 g/mol. The monoisotopic (exact) mass is 330 g/mol. The molecule has 0 aliphatic rings. The third kappa shape index (κ3) is 4.57. The summed E-state index contributed by atoms with van der Waals surface area (Å²) in [6.45, 7) is 3.86. The first-order chi connectivity index (χ1) is 12.1. The zero-order chi connectivity index (χ0) is 17.6. The number of aromatic hydroxyl groups is 1. The van der Waals surface area contributed by atoms with Crippen LogP contribution in [0.3, 0.4) is 0 Å². The summed E-state index contributed by atoms with van der Waals surface area (Å²) in [4.78, 5) is 0. The van der Waals surface area contributed by atoms with E-state index in [1.165, 1.54) is 5.56 Å². The second-order valence-corrected chi connectivity index (χ2v) is 5.72. The lowest BCUT2D eigenvalue weighted by atomic mass is 10.2. The Kier molecular flexibility index (Phi) is 4.95. The highest BCUT2D eigenvalue weighted by molar-refractivity contribution is 5.49. The van der Waals surface area contributed by atoms with E-state index in [0.717, 1.165) is 22.6 Å². The van der Waals surface area contributed by atoms with Crippen LogP contribution in [0, 0.1) is 13.8 Å². The fourth-order valence-electron chi connectivity index (χ4n) is 2.13. The first kappa shape index (κ1) is 16.5. The fraction of sp³-hybridized carbons (Fsp3) is 0.100. The summed E-state index contributed by atoms with van der Waals surface area (Å²) in [6, 6.07) is 20.3. The SMILES string of the molecule is Cc1ccc(N=Nc2ccc(N=Nc3ccc(O)c(C)c3)cc2)cc1. The van der Waals surface area contributed by atoms with Gasteiger partial charge in [-0.3, -0.25) is 0 Å². The Hall–Kier alpha value is -3.34. The maximum atomic E-state index is 9.51. The first-order valence-corrected chi connectivity index (χ1v) is 7.90. The number of nitrogens with zero attached hydrogens (tertiary/aromatic N) is 4. The van der Waals surface area contributed by atoms with Crippen LogP contribution in [-0.2, 0) is 0 Å². The van der Waals surface area contributed by atoms with Crippen LogP contribution in [-0.4, -0.2) is 5.11 Å². The van der Waals surface area contributed by atoms with Gasteiger partial charge in [0.1, 0.15) is 5.75 Å². The van der Waals surface area contributed by atoms with Crippen molar-refractivity contribution in [2.24, 2.45) is 20.5 Å². The third-order valence-electron chi connectivity index (χ3n) is 3.63. The molecule has 0 saturated carbocycles. The molecule has 0 aliphatic carbocycles. The van der Waals surface area contributed by atoms with Crippen LogP contribution < -0.4 is 0 Å². The molecule has 25 heavy (non-hydrogen) atoms. The van der Waals surface area contributed by atoms with Crippen molar-refractivity contribution < 1.29 is 5.11 Å². The second-order valence-electron chi connectivity index (χ2n) is 5.72. The Balaban J connectivity index is 1.68. The number of phenolic OH excluding ortho intramolecular Hbond substituents is 1. The smallest absolute Gasteiger partial charge is 0.118 e. The molecule has 0 saturated heterocycles. The molecule has 3 rings (SSSR count). The maximum absolute atomic E-state index is 9.51. The molecule has 0 amide bonds. The van der Waals surface area contributed by atoms with Crippen LogP contribution in [0.5, 0.6) is 5.75 Å². The van der Waals surface area contributed by atoms with Gasteiger partial charge in [-0.05, 0) is 74.0 Å². The molecule has 0 spiro atoms. The van der Waals surface area contributed by atoms with E-state index in [1.807, 2.05) is 62.4 Å². The lowest BCUT2D eigenvalue weighted by Crippen LogP contribution is -1.72. The van der Waals surface area contributed by atoms with E-state index in [9.17, 15) is 5.11 Å². The van der Waals surface area contributed by atoms with E-state index < -0.39 is 0 Å². The molecule has 0 radical (unpaired) electrons. The molecule has 5 heteroatoms. The number of hydrogen-bond acceptors (Lipinski definition) is 5. The Morgan fingerprint density at radius 2 is 0.960 bits per heavy atom. The molecule has 1 N–H and O–H groups in total. The Labute approximate surface area is 146 Å². The lowest BCUT2D eigenvalue weighted by Gasteiger charge is -1.99. The standard InChI is InChI=1S/C20H18N4O/c1-14-3-5-16(6-4-14)21-22-17-7-9-18(10-8-17)23-24-19-11-12-20(25)15(2)13-19/h3-13,25H,1-2H3. The van der Waals surface area contributed by atoms with Gasteiger partial charge in [0, 0.05) is 0 Å². The van der Waals surface area contributed by atoms with E-state index in [0.29, 0.717) is 5.69 Å². The van der Waals surface area contributed by atoms with Gasteiger partial charge in [0.25, 0.3) is 0 Å². The third-order valence-corrected chi connectivity index (χ3v) is 3.63. The molecule has 0 heterocycles. The molecule has 124 valence electrons. The summed E-state index contributed by atoms with van der Waals surface area (Å²) in [5.74, 6) is 0.252. The highest BCUT2D eigenvalue weighted by Crippen LogP contribution is 2.26. The van der Waals surface area contributed by atoms with Gasteiger partial charge >= 0.3 is 0 Å². The highest BCUT2D eigenvalue weighted by Gasteiger charge is 1.97. The molecule has 5 nitrogen and oxygen atoms in total. The molecule has 0 unspecified atom stereocenters. The largest absolute Gasteiger partial charge is 0.508 e. The van der Waals surface area contributed by atoms with E-state index in [4.69, 9.17) is 0 Å². The van der Waals surface area contributed by atoms with Gasteiger partial charge in [0.15, 0.2) is 0 Å². The van der Waals surface area contributed by atoms with E-state index in [-0.39, 0.29) is 5.75 Å². The average Bonchev–Trinajstić information content (AvgIpc) is 2.63. The molecule has 3 aromatic rings. The normalized spacial score (nSPS) is 11.4. The minimum absolute atomic E-state index is 0.252. The number of phenols is 1. The van der Waals surface area contributed by atoms with Crippen molar-refractivity contribution >= 4 is 22.7 Å². The predicted octanol–water partition coefficient (Wildman–Crippen LogP) is 6.84. The molecule has 0 atom stereocenters. The zero-order valence-electron chi connectivity index (χ0n) is 14.1. The quantitative estimate of drug-likeness (QED) is 0.523. The molecule has 0 aromatic heterocycles. The summed E-state index contributed by atoms with van der Waals surface area (Å²) in [5.41, 5.74) is 4.94. The molecule has 0 aliphatic heterocycles. The highest BCUT2D eigenvalue weighted by atomic mass is 16.3. The Bertz CT molecular complexity index is 913.